The third-order valence-electron chi connectivity index (χ3n) is 6.15. The minimum absolute atomic E-state index is 0.0444. The van der Waals surface area contributed by atoms with Gasteiger partial charge in [0.1, 0.15) is 0 Å². The van der Waals surface area contributed by atoms with Crippen molar-refractivity contribution in [3.05, 3.63) is 116 Å². The predicted molar refractivity (Wildman–Crippen MR) is 135 cm³/mol. The molecule has 0 amide bonds. The second-order valence-electron chi connectivity index (χ2n) is 8.39. The molecular weight excluding hydrogens is 466 g/mol. The van der Waals surface area contributed by atoms with Crippen LogP contribution in [0.3, 0.4) is 0 Å². The summed E-state index contributed by atoms with van der Waals surface area (Å²) in [6.45, 7) is 3.69. The van der Waals surface area contributed by atoms with Crippen LogP contribution in [0.15, 0.2) is 82.5 Å². The van der Waals surface area contributed by atoms with Gasteiger partial charge in [0.2, 0.25) is 10.0 Å². The van der Waals surface area contributed by atoms with E-state index in [0.717, 1.165) is 32.4 Å². The third kappa shape index (κ3) is 5.01. The van der Waals surface area contributed by atoms with Crippen LogP contribution in [0.5, 0.6) is 0 Å². The first-order valence-electron chi connectivity index (χ1n) is 11.1. The van der Waals surface area contributed by atoms with Gasteiger partial charge in [-0.2, -0.15) is 4.31 Å². The van der Waals surface area contributed by atoms with E-state index in [0.29, 0.717) is 11.9 Å². The van der Waals surface area contributed by atoms with Crippen LogP contribution in [0.25, 0.3) is 10.9 Å². The van der Waals surface area contributed by atoms with Crippen LogP contribution in [-0.4, -0.2) is 29.2 Å². The normalized spacial score (nSPS) is 11.7. The lowest BCUT2D eigenvalue weighted by molar-refractivity contribution is -0.387. The molecule has 0 fully saturated rings. The van der Waals surface area contributed by atoms with Crippen molar-refractivity contribution in [3.63, 3.8) is 0 Å². The van der Waals surface area contributed by atoms with Crippen molar-refractivity contribution in [1.29, 1.82) is 0 Å². The summed E-state index contributed by atoms with van der Waals surface area (Å²) in [6, 6.07) is 20.1. The number of para-hydroxylation sites is 1. The molecule has 0 unspecified atom stereocenters. The number of nitro groups is 1. The van der Waals surface area contributed by atoms with E-state index in [-0.39, 0.29) is 18.7 Å². The molecule has 3 aromatic carbocycles. The number of hydrogen-bond acceptors (Lipinski definition) is 5. The summed E-state index contributed by atoms with van der Waals surface area (Å²) in [5.74, 6) is 0. The van der Waals surface area contributed by atoms with Crippen molar-refractivity contribution in [3.8, 4) is 0 Å². The maximum Gasteiger partial charge on any atom is 0.289 e. The van der Waals surface area contributed by atoms with E-state index in [1.807, 2.05) is 56.3 Å². The van der Waals surface area contributed by atoms with E-state index in [2.05, 4.69) is 4.98 Å². The quantitative estimate of drug-likeness (QED) is 0.288. The molecule has 1 N–H and O–H groups in total. The van der Waals surface area contributed by atoms with Gasteiger partial charge in [-0.05, 0) is 54.5 Å². The fourth-order valence-electron chi connectivity index (χ4n) is 4.03. The molecule has 1 aromatic heterocycles. The number of rotatable bonds is 8. The van der Waals surface area contributed by atoms with Gasteiger partial charge in [0.25, 0.3) is 11.2 Å². The van der Waals surface area contributed by atoms with Gasteiger partial charge < -0.3 is 4.98 Å². The summed E-state index contributed by atoms with van der Waals surface area (Å²) in [7, 11) is -4.29. The molecule has 0 saturated heterocycles. The van der Waals surface area contributed by atoms with Gasteiger partial charge in [0.15, 0.2) is 4.90 Å². The highest BCUT2D eigenvalue weighted by molar-refractivity contribution is 7.89. The number of aromatic amines is 1. The highest BCUT2D eigenvalue weighted by Gasteiger charge is 2.32. The average Bonchev–Trinajstić information content (AvgIpc) is 2.85. The summed E-state index contributed by atoms with van der Waals surface area (Å²) in [5, 5.41) is 12.3. The van der Waals surface area contributed by atoms with Gasteiger partial charge in [0, 0.05) is 24.7 Å². The summed E-state index contributed by atoms with van der Waals surface area (Å²) < 4.78 is 28.5. The number of fused-ring (bicyclic) bond motifs is 1. The molecule has 0 atom stereocenters. The lowest BCUT2D eigenvalue weighted by atomic mass is 10.0. The number of nitrogens with zero attached hydrogens (tertiary/aromatic N) is 2. The molecule has 4 rings (SSSR count). The van der Waals surface area contributed by atoms with Gasteiger partial charge in [-0.3, -0.25) is 14.9 Å². The standard InChI is InChI=1S/C26H25N3O5S/c1-18-12-13-21-16-22(26(30)27-25(21)19(18)2)17-28(15-14-20-8-4-3-5-9-20)35(33,34)24-11-7-6-10-23(24)29(31)32/h3-13,16H,14-15,17H2,1-2H3,(H,27,30). The Bertz CT molecular complexity index is 1560. The smallest absolute Gasteiger partial charge is 0.289 e. The van der Waals surface area contributed by atoms with E-state index in [4.69, 9.17) is 0 Å². The average molecular weight is 492 g/mol. The number of benzene rings is 3. The van der Waals surface area contributed by atoms with E-state index in [1.54, 1.807) is 6.07 Å². The lowest BCUT2D eigenvalue weighted by Crippen LogP contribution is -2.35. The molecule has 0 saturated carbocycles. The van der Waals surface area contributed by atoms with E-state index in [1.165, 1.54) is 18.2 Å². The molecule has 0 spiro atoms. The van der Waals surface area contributed by atoms with E-state index < -0.39 is 31.1 Å². The van der Waals surface area contributed by atoms with Crippen LogP contribution in [0, 0.1) is 24.0 Å². The molecule has 0 aliphatic carbocycles. The van der Waals surface area contributed by atoms with E-state index in [9.17, 15) is 23.3 Å². The Balaban J connectivity index is 1.78. The first-order valence-corrected chi connectivity index (χ1v) is 12.5. The molecule has 0 aliphatic rings. The molecular formula is C26H25N3O5S. The molecule has 0 bridgehead atoms. The Morgan fingerprint density at radius 3 is 2.37 bits per heavy atom. The Labute approximate surface area is 203 Å². The SMILES string of the molecule is Cc1ccc2cc(CN(CCc3ccccc3)S(=O)(=O)c3ccccc3[N+](=O)[O-])c(=O)[nH]c2c1C. The second kappa shape index (κ2) is 9.81. The fraction of sp³-hybridized carbons (Fsp3) is 0.192. The van der Waals surface area contributed by atoms with Crippen molar-refractivity contribution >= 4 is 26.6 Å². The highest BCUT2D eigenvalue weighted by Crippen LogP contribution is 2.28. The van der Waals surface area contributed by atoms with Gasteiger partial charge in [0.05, 0.1) is 10.4 Å². The van der Waals surface area contributed by atoms with Crippen LogP contribution in [-0.2, 0) is 23.0 Å². The van der Waals surface area contributed by atoms with Crippen molar-refractivity contribution in [2.75, 3.05) is 6.54 Å². The Morgan fingerprint density at radius 1 is 0.971 bits per heavy atom. The monoisotopic (exact) mass is 491 g/mol. The zero-order valence-electron chi connectivity index (χ0n) is 19.4. The molecule has 0 radical (unpaired) electrons. The molecule has 0 aliphatic heterocycles. The zero-order valence-corrected chi connectivity index (χ0v) is 20.2. The van der Waals surface area contributed by atoms with Gasteiger partial charge in [-0.15, -0.1) is 0 Å². The second-order valence-corrected chi connectivity index (χ2v) is 10.3. The molecule has 180 valence electrons. The number of sulfonamides is 1. The van der Waals surface area contributed by atoms with Crippen molar-refractivity contribution in [2.24, 2.45) is 0 Å². The van der Waals surface area contributed by atoms with Gasteiger partial charge in [-0.25, -0.2) is 8.42 Å². The summed E-state index contributed by atoms with van der Waals surface area (Å²) in [5.41, 5.74) is 2.95. The first-order chi connectivity index (χ1) is 16.7. The minimum Gasteiger partial charge on any atom is -0.321 e. The van der Waals surface area contributed by atoms with Crippen molar-refractivity contribution < 1.29 is 13.3 Å². The number of pyridine rings is 1. The van der Waals surface area contributed by atoms with Crippen LogP contribution in [0.4, 0.5) is 5.69 Å². The van der Waals surface area contributed by atoms with Gasteiger partial charge in [-0.1, -0.05) is 54.6 Å². The Kier molecular flexibility index (Phi) is 6.81. The number of nitro benzene ring substituents is 1. The summed E-state index contributed by atoms with van der Waals surface area (Å²) in [6.07, 6.45) is 0.379. The summed E-state index contributed by atoms with van der Waals surface area (Å²) in [4.78, 5) is 26.3. The lowest BCUT2D eigenvalue weighted by Gasteiger charge is -2.22. The maximum absolute atomic E-state index is 13.7. The zero-order chi connectivity index (χ0) is 25.2. The third-order valence-corrected chi connectivity index (χ3v) is 8.04. The Morgan fingerprint density at radius 2 is 1.66 bits per heavy atom. The predicted octanol–water partition coefficient (Wildman–Crippen LogP) is 4.49. The molecule has 1 heterocycles. The molecule has 4 aromatic rings. The van der Waals surface area contributed by atoms with E-state index >= 15 is 0 Å². The van der Waals surface area contributed by atoms with Crippen LogP contribution in [0.2, 0.25) is 0 Å². The van der Waals surface area contributed by atoms with Crippen molar-refractivity contribution in [2.45, 2.75) is 31.7 Å². The maximum atomic E-state index is 13.7. The molecule has 8 nitrogen and oxygen atoms in total. The van der Waals surface area contributed by atoms with Crippen LogP contribution >= 0.6 is 0 Å². The largest absolute Gasteiger partial charge is 0.321 e. The first kappa shape index (κ1) is 24.3. The number of hydrogen-bond donors (Lipinski definition) is 1. The summed E-state index contributed by atoms with van der Waals surface area (Å²) >= 11 is 0. The molecule has 35 heavy (non-hydrogen) atoms. The van der Waals surface area contributed by atoms with Gasteiger partial charge >= 0.3 is 0 Å². The van der Waals surface area contributed by atoms with Crippen molar-refractivity contribution in [1.82, 2.24) is 9.29 Å². The topological polar surface area (TPSA) is 113 Å². The number of nitrogens with one attached hydrogen (secondary N) is 1. The fourth-order valence-corrected chi connectivity index (χ4v) is 5.60. The van der Waals surface area contributed by atoms with Crippen LogP contribution in [0.1, 0.15) is 22.3 Å². The Hall–Kier alpha value is -3.82. The number of H-pyrrole nitrogens is 1. The molecule has 9 heteroatoms. The number of aryl methyl sites for hydroxylation is 2. The minimum atomic E-state index is -4.29. The highest BCUT2D eigenvalue weighted by atomic mass is 32.2. The van der Waals surface area contributed by atoms with Crippen LogP contribution < -0.4 is 5.56 Å². The number of aromatic nitrogens is 1.